The quantitative estimate of drug-likeness (QED) is 0.642. The summed E-state index contributed by atoms with van der Waals surface area (Å²) in [4.78, 5) is 16.6. The molecule has 0 saturated carbocycles. The molecule has 0 amide bonds. The number of nitro groups is 1. The predicted octanol–water partition coefficient (Wildman–Crippen LogP) is 1.30. The molecule has 19 heavy (non-hydrogen) atoms. The Kier molecular flexibility index (Phi) is 4.04. The van der Waals surface area contributed by atoms with Gasteiger partial charge in [0.05, 0.1) is 0 Å². The number of hydrogen-bond acceptors (Lipinski definition) is 5. The predicted molar refractivity (Wildman–Crippen MR) is 73.4 cm³/mol. The summed E-state index contributed by atoms with van der Waals surface area (Å²) in [6, 6.07) is 0.591. The van der Waals surface area contributed by atoms with Gasteiger partial charge in [-0.1, -0.05) is 0 Å². The SMILES string of the molecule is CC(C)N(CC1CCCN1)c1c([N+](=O)[O-])ncn1C. The molecule has 1 aromatic heterocycles. The molecular formula is C12H21N5O2. The number of rotatable bonds is 5. The summed E-state index contributed by atoms with van der Waals surface area (Å²) in [5, 5.41) is 14.5. The van der Waals surface area contributed by atoms with Crippen molar-refractivity contribution in [2.45, 2.75) is 38.8 Å². The maximum Gasteiger partial charge on any atom is 0.406 e. The molecule has 2 rings (SSSR count). The van der Waals surface area contributed by atoms with E-state index in [0.29, 0.717) is 11.9 Å². The third kappa shape index (κ3) is 2.86. The van der Waals surface area contributed by atoms with Crippen LogP contribution in [0.2, 0.25) is 0 Å². The van der Waals surface area contributed by atoms with Gasteiger partial charge >= 0.3 is 5.82 Å². The molecule has 0 aromatic carbocycles. The number of hydrogen-bond donors (Lipinski definition) is 1. The highest BCUT2D eigenvalue weighted by molar-refractivity contribution is 5.55. The topological polar surface area (TPSA) is 76.2 Å². The van der Waals surface area contributed by atoms with Gasteiger partial charge in [0.2, 0.25) is 12.1 Å². The maximum absolute atomic E-state index is 11.1. The Labute approximate surface area is 112 Å². The van der Waals surface area contributed by atoms with Gasteiger partial charge in [0.25, 0.3) is 0 Å². The highest BCUT2D eigenvalue weighted by Crippen LogP contribution is 2.28. The number of imidazole rings is 1. The van der Waals surface area contributed by atoms with Crippen LogP contribution in [0, 0.1) is 10.1 Å². The van der Waals surface area contributed by atoms with Crippen LogP contribution in [0.1, 0.15) is 26.7 Å². The lowest BCUT2D eigenvalue weighted by Crippen LogP contribution is -2.42. The second-order valence-electron chi connectivity index (χ2n) is 5.30. The molecule has 1 saturated heterocycles. The molecule has 1 unspecified atom stereocenters. The Balaban J connectivity index is 2.27. The number of aryl methyl sites for hydroxylation is 1. The molecule has 7 heteroatoms. The fourth-order valence-electron chi connectivity index (χ4n) is 2.56. The average Bonchev–Trinajstić information content (AvgIpc) is 2.95. The lowest BCUT2D eigenvalue weighted by Gasteiger charge is -2.30. The molecular weight excluding hydrogens is 246 g/mol. The van der Waals surface area contributed by atoms with Crippen molar-refractivity contribution in [1.29, 1.82) is 0 Å². The second-order valence-corrected chi connectivity index (χ2v) is 5.30. The van der Waals surface area contributed by atoms with Crippen molar-refractivity contribution in [1.82, 2.24) is 14.9 Å². The summed E-state index contributed by atoms with van der Waals surface area (Å²) in [7, 11) is 1.80. The summed E-state index contributed by atoms with van der Waals surface area (Å²) in [6.45, 7) is 5.90. The van der Waals surface area contributed by atoms with E-state index < -0.39 is 4.92 Å². The molecule has 2 heterocycles. The molecule has 0 spiro atoms. The molecule has 1 atom stereocenters. The van der Waals surface area contributed by atoms with Crippen molar-refractivity contribution in [2.75, 3.05) is 18.0 Å². The fraction of sp³-hybridized carbons (Fsp3) is 0.750. The van der Waals surface area contributed by atoms with Gasteiger partial charge in [-0.05, 0) is 43.1 Å². The zero-order valence-electron chi connectivity index (χ0n) is 11.7. The van der Waals surface area contributed by atoms with Crippen LogP contribution >= 0.6 is 0 Å². The summed E-state index contributed by atoms with van der Waals surface area (Å²) in [5.41, 5.74) is 0. The lowest BCUT2D eigenvalue weighted by molar-refractivity contribution is -0.388. The van der Waals surface area contributed by atoms with Gasteiger partial charge in [-0.15, -0.1) is 0 Å². The molecule has 1 aliphatic heterocycles. The number of anilines is 1. The van der Waals surface area contributed by atoms with Gasteiger partial charge in [-0.2, -0.15) is 0 Å². The first-order valence-electron chi connectivity index (χ1n) is 6.66. The third-order valence-corrected chi connectivity index (χ3v) is 3.54. The van der Waals surface area contributed by atoms with E-state index in [1.165, 1.54) is 12.7 Å². The standard InChI is InChI=1S/C12H21N5O2/c1-9(2)16(7-10-5-4-6-13-10)12-11(17(18)19)14-8-15(12)3/h8-10,13H,4-7H2,1-3H3. The lowest BCUT2D eigenvalue weighted by atomic mass is 10.2. The summed E-state index contributed by atoms with van der Waals surface area (Å²) in [5.74, 6) is 0.530. The van der Waals surface area contributed by atoms with Crippen LogP contribution in [0.5, 0.6) is 0 Å². The van der Waals surface area contributed by atoms with Crippen LogP contribution in [-0.2, 0) is 7.05 Å². The van der Waals surface area contributed by atoms with Crippen molar-refractivity contribution in [3.8, 4) is 0 Å². The molecule has 1 aromatic rings. The van der Waals surface area contributed by atoms with Gasteiger partial charge in [-0.3, -0.25) is 4.57 Å². The van der Waals surface area contributed by atoms with E-state index in [4.69, 9.17) is 0 Å². The van der Waals surface area contributed by atoms with Crippen molar-refractivity contribution in [2.24, 2.45) is 7.05 Å². The van der Waals surface area contributed by atoms with Crippen molar-refractivity contribution in [3.05, 3.63) is 16.4 Å². The molecule has 1 fully saturated rings. The normalized spacial score (nSPS) is 19.1. The van der Waals surface area contributed by atoms with Crippen molar-refractivity contribution >= 4 is 11.6 Å². The molecule has 1 aliphatic rings. The van der Waals surface area contributed by atoms with Crippen LogP contribution in [0.15, 0.2) is 6.33 Å². The van der Waals surface area contributed by atoms with Crippen LogP contribution in [0.3, 0.4) is 0 Å². The van der Waals surface area contributed by atoms with Gasteiger partial charge in [0.15, 0.2) is 0 Å². The number of nitrogens with one attached hydrogen (secondary N) is 1. The van der Waals surface area contributed by atoms with Crippen molar-refractivity contribution in [3.63, 3.8) is 0 Å². The minimum Gasteiger partial charge on any atom is -0.358 e. The fourth-order valence-corrected chi connectivity index (χ4v) is 2.56. The number of aromatic nitrogens is 2. The van der Waals surface area contributed by atoms with E-state index in [0.717, 1.165) is 19.5 Å². The molecule has 1 N–H and O–H groups in total. The highest BCUT2D eigenvalue weighted by Gasteiger charge is 2.29. The van der Waals surface area contributed by atoms with Gasteiger partial charge in [0.1, 0.15) is 0 Å². The minimum absolute atomic E-state index is 0.0609. The molecule has 0 radical (unpaired) electrons. The molecule has 0 bridgehead atoms. The van der Waals surface area contributed by atoms with Gasteiger partial charge < -0.3 is 20.3 Å². The van der Waals surface area contributed by atoms with Crippen molar-refractivity contribution < 1.29 is 4.92 Å². The largest absolute Gasteiger partial charge is 0.406 e. The molecule has 7 nitrogen and oxygen atoms in total. The van der Waals surface area contributed by atoms with Crippen LogP contribution in [0.4, 0.5) is 11.6 Å². The monoisotopic (exact) mass is 267 g/mol. The van der Waals surface area contributed by atoms with E-state index in [1.807, 2.05) is 13.8 Å². The Hall–Kier alpha value is -1.63. The van der Waals surface area contributed by atoms with Gasteiger partial charge in [-0.25, -0.2) is 0 Å². The van der Waals surface area contributed by atoms with Gasteiger partial charge in [0, 0.05) is 25.7 Å². The number of nitrogens with zero attached hydrogens (tertiary/aromatic N) is 4. The van der Waals surface area contributed by atoms with Crippen LogP contribution in [0.25, 0.3) is 0 Å². The highest BCUT2D eigenvalue weighted by atomic mass is 16.6. The smallest absolute Gasteiger partial charge is 0.358 e. The van der Waals surface area contributed by atoms with Crippen LogP contribution < -0.4 is 10.2 Å². The zero-order valence-corrected chi connectivity index (χ0v) is 11.7. The zero-order chi connectivity index (χ0) is 14.0. The van der Waals surface area contributed by atoms with E-state index >= 15 is 0 Å². The van der Waals surface area contributed by atoms with E-state index in [2.05, 4.69) is 15.2 Å². The van der Waals surface area contributed by atoms with E-state index in [-0.39, 0.29) is 11.9 Å². The average molecular weight is 267 g/mol. The minimum atomic E-state index is -0.410. The van der Waals surface area contributed by atoms with E-state index in [1.54, 1.807) is 11.6 Å². The Bertz CT molecular complexity index is 451. The Morgan fingerprint density at radius 2 is 2.42 bits per heavy atom. The Morgan fingerprint density at radius 1 is 1.68 bits per heavy atom. The third-order valence-electron chi connectivity index (χ3n) is 3.54. The second kappa shape index (κ2) is 5.56. The first-order chi connectivity index (χ1) is 9.00. The maximum atomic E-state index is 11.1. The summed E-state index contributed by atoms with van der Waals surface area (Å²) >= 11 is 0. The van der Waals surface area contributed by atoms with Crippen LogP contribution in [-0.4, -0.2) is 39.6 Å². The first kappa shape index (κ1) is 13.8. The Morgan fingerprint density at radius 3 is 2.95 bits per heavy atom. The molecule has 106 valence electrons. The summed E-state index contributed by atoms with van der Waals surface area (Å²) in [6.07, 6.45) is 3.80. The first-order valence-corrected chi connectivity index (χ1v) is 6.66. The molecule has 0 aliphatic carbocycles. The van der Waals surface area contributed by atoms with E-state index in [9.17, 15) is 10.1 Å². The summed E-state index contributed by atoms with van der Waals surface area (Å²) < 4.78 is 1.73.